The number of amides is 2. The van der Waals surface area contributed by atoms with Crippen molar-refractivity contribution >= 4 is 29.1 Å². The van der Waals surface area contributed by atoms with E-state index in [0.29, 0.717) is 34.3 Å². The van der Waals surface area contributed by atoms with E-state index >= 15 is 0 Å². The molecular formula is C20H23ClN2O4. The summed E-state index contributed by atoms with van der Waals surface area (Å²) in [4.78, 5) is 25.9. The van der Waals surface area contributed by atoms with Gasteiger partial charge in [0, 0.05) is 36.7 Å². The van der Waals surface area contributed by atoms with E-state index in [1.807, 2.05) is 6.92 Å². The molecule has 27 heavy (non-hydrogen) atoms. The number of hydrogen-bond acceptors (Lipinski definition) is 4. The van der Waals surface area contributed by atoms with Gasteiger partial charge in [0.1, 0.15) is 11.5 Å². The number of carbonyl (C=O) groups excluding carboxylic acids is 2. The summed E-state index contributed by atoms with van der Waals surface area (Å²) < 4.78 is 10.4. The molecule has 0 aliphatic heterocycles. The standard InChI is InChI=1S/C20H23ClN2O4/c1-13-11-18(19(27-4)12-17(13)21)23(14(2)24)10-9-22-20(25)15-5-7-16(26-3)8-6-15/h5-8,11-12H,9-10H2,1-4H3,(H,22,25). The molecule has 2 aromatic carbocycles. The zero-order valence-electron chi connectivity index (χ0n) is 15.8. The van der Waals surface area contributed by atoms with Crippen LogP contribution in [0.2, 0.25) is 5.02 Å². The third kappa shape index (κ3) is 5.14. The van der Waals surface area contributed by atoms with Crippen LogP contribution in [-0.2, 0) is 4.79 Å². The number of hydrogen-bond donors (Lipinski definition) is 1. The Bertz CT molecular complexity index is 821. The molecular weight excluding hydrogens is 368 g/mol. The lowest BCUT2D eigenvalue weighted by atomic mass is 10.1. The summed E-state index contributed by atoms with van der Waals surface area (Å²) in [6.07, 6.45) is 0. The van der Waals surface area contributed by atoms with Gasteiger partial charge in [-0.3, -0.25) is 9.59 Å². The molecule has 0 radical (unpaired) electrons. The average Bonchev–Trinajstić information content (AvgIpc) is 2.66. The molecule has 0 heterocycles. The zero-order valence-corrected chi connectivity index (χ0v) is 16.6. The van der Waals surface area contributed by atoms with E-state index in [0.717, 1.165) is 5.56 Å². The van der Waals surface area contributed by atoms with Gasteiger partial charge in [-0.2, -0.15) is 0 Å². The second kappa shape index (κ2) is 9.28. The van der Waals surface area contributed by atoms with Crippen LogP contribution >= 0.6 is 11.6 Å². The number of carbonyl (C=O) groups is 2. The van der Waals surface area contributed by atoms with Crippen LogP contribution in [0.15, 0.2) is 36.4 Å². The summed E-state index contributed by atoms with van der Waals surface area (Å²) >= 11 is 6.13. The number of anilines is 1. The molecule has 0 aliphatic rings. The van der Waals surface area contributed by atoms with Gasteiger partial charge >= 0.3 is 0 Å². The fourth-order valence-corrected chi connectivity index (χ4v) is 2.75. The van der Waals surface area contributed by atoms with E-state index in [4.69, 9.17) is 21.1 Å². The van der Waals surface area contributed by atoms with Gasteiger partial charge < -0.3 is 19.7 Å². The summed E-state index contributed by atoms with van der Waals surface area (Å²) in [5.74, 6) is 0.802. The van der Waals surface area contributed by atoms with Crippen LogP contribution in [0.5, 0.6) is 11.5 Å². The molecule has 0 atom stereocenters. The maximum atomic E-state index is 12.3. The lowest BCUT2D eigenvalue weighted by molar-refractivity contribution is -0.116. The molecule has 0 bridgehead atoms. The number of methoxy groups -OCH3 is 2. The van der Waals surface area contributed by atoms with Crippen molar-refractivity contribution < 1.29 is 19.1 Å². The molecule has 0 spiro atoms. The summed E-state index contributed by atoms with van der Waals surface area (Å²) in [5.41, 5.74) is 1.97. The molecule has 6 nitrogen and oxygen atoms in total. The minimum absolute atomic E-state index is 0.159. The van der Waals surface area contributed by atoms with Crippen LogP contribution in [0.25, 0.3) is 0 Å². The Morgan fingerprint density at radius 1 is 1.11 bits per heavy atom. The second-order valence-corrected chi connectivity index (χ2v) is 6.34. The summed E-state index contributed by atoms with van der Waals surface area (Å²) in [6, 6.07) is 10.3. The van der Waals surface area contributed by atoms with Crippen LogP contribution in [0, 0.1) is 6.92 Å². The van der Waals surface area contributed by atoms with Crippen LogP contribution in [0.4, 0.5) is 5.69 Å². The number of benzene rings is 2. The largest absolute Gasteiger partial charge is 0.497 e. The Kier molecular flexibility index (Phi) is 7.07. The van der Waals surface area contributed by atoms with Crippen molar-refractivity contribution in [3.63, 3.8) is 0 Å². The van der Waals surface area contributed by atoms with Crippen LogP contribution in [0.3, 0.4) is 0 Å². The van der Waals surface area contributed by atoms with Crippen molar-refractivity contribution in [1.29, 1.82) is 0 Å². The van der Waals surface area contributed by atoms with Crippen molar-refractivity contribution in [2.75, 3.05) is 32.2 Å². The van der Waals surface area contributed by atoms with E-state index < -0.39 is 0 Å². The maximum Gasteiger partial charge on any atom is 0.251 e. The smallest absolute Gasteiger partial charge is 0.251 e. The first-order valence-corrected chi connectivity index (χ1v) is 8.79. The van der Waals surface area contributed by atoms with E-state index in [9.17, 15) is 9.59 Å². The Morgan fingerprint density at radius 3 is 2.33 bits per heavy atom. The predicted octanol–water partition coefficient (Wildman–Crippen LogP) is 3.45. The molecule has 0 aromatic heterocycles. The maximum absolute atomic E-state index is 12.3. The summed E-state index contributed by atoms with van der Waals surface area (Å²) in [7, 11) is 3.09. The molecule has 144 valence electrons. The SMILES string of the molecule is COc1ccc(C(=O)NCCN(C(C)=O)c2cc(C)c(Cl)cc2OC)cc1. The number of nitrogens with one attached hydrogen (secondary N) is 1. The van der Waals surface area contributed by atoms with E-state index in [1.165, 1.54) is 14.0 Å². The molecule has 0 unspecified atom stereocenters. The molecule has 2 amide bonds. The molecule has 1 N–H and O–H groups in total. The second-order valence-electron chi connectivity index (χ2n) is 5.93. The quantitative estimate of drug-likeness (QED) is 0.786. The minimum Gasteiger partial charge on any atom is -0.497 e. The van der Waals surface area contributed by atoms with Crippen LogP contribution < -0.4 is 19.7 Å². The molecule has 0 saturated carbocycles. The van der Waals surface area contributed by atoms with Crippen LogP contribution in [0.1, 0.15) is 22.8 Å². The molecule has 0 aliphatic carbocycles. The number of halogens is 1. The molecule has 7 heteroatoms. The zero-order chi connectivity index (χ0) is 20.0. The summed E-state index contributed by atoms with van der Waals surface area (Å²) in [5, 5.41) is 3.38. The Morgan fingerprint density at radius 2 is 1.78 bits per heavy atom. The molecule has 0 saturated heterocycles. The molecule has 0 fully saturated rings. The van der Waals surface area contributed by atoms with Gasteiger partial charge in [-0.1, -0.05) is 11.6 Å². The van der Waals surface area contributed by atoms with E-state index in [2.05, 4.69) is 5.32 Å². The fourth-order valence-electron chi connectivity index (χ4n) is 2.60. The Labute approximate surface area is 164 Å². The normalized spacial score (nSPS) is 10.3. The first-order valence-electron chi connectivity index (χ1n) is 8.42. The van der Waals surface area contributed by atoms with Gasteiger partial charge in [-0.25, -0.2) is 0 Å². The van der Waals surface area contributed by atoms with Gasteiger partial charge in [0.25, 0.3) is 5.91 Å². The van der Waals surface area contributed by atoms with Crippen molar-refractivity contribution in [1.82, 2.24) is 5.32 Å². The molecule has 2 aromatic rings. The highest BCUT2D eigenvalue weighted by atomic mass is 35.5. The van der Waals surface area contributed by atoms with Gasteiger partial charge in [0.2, 0.25) is 5.91 Å². The number of aryl methyl sites for hydroxylation is 1. The first kappa shape index (κ1) is 20.6. The van der Waals surface area contributed by atoms with Crippen molar-refractivity contribution in [3.05, 3.63) is 52.5 Å². The monoisotopic (exact) mass is 390 g/mol. The van der Waals surface area contributed by atoms with Crippen molar-refractivity contribution in [3.8, 4) is 11.5 Å². The number of ether oxygens (including phenoxy) is 2. The third-order valence-electron chi connectivity index (χ3n) is 4.10. The van der Waals surface area contributed by atoms with Crippen molar-refractivity contribution in [2.45, 2.75) is 13.8 Å². The van der Waals surface area contributed by atoms with Gasteiger partial charge in [0.15, 0.2) is 0 Å². The highest BCUT2D eigenvalue weighted by Crippen LogP contribution is 2.33. The summed E-state index contributed by atoms with van der Waals surface area (Å²) in [6.45, 7) is 3.91. The number of rotatable bonds is 7. The topological polar surface area (TPSA) is 67.9 Å². The Hall–Kier alpha value is -2.73. The minimum atomic E-state index is -0.222. The van der Waals surface area contributed by atoms with Crippen molar-refractivity contribution in [2.24, 2.45) is 0 Å². The lowest BCUT2D eigenvalue weighted by Gasteiger charge is -2.24. The Balaban J connectivity index is 2.08. The predicted molar refractivity (Wildman–Crippen MR) is 106 cm³/mol. The lowest BCUT2D eigenvalue weighted by Crippen LogP contribution is -2.37. The molecule has 2 rings (SSSR count). The van der Waals surface area contributed by atoms with E-state index in [1.54, 1.807) is 48.4 Å². The van der Waals surface area contributed by atoms with Crippen LogP contribution in [-0.4, -0.2) is 39.1 Å². The average molecular weight is 391 g/mol. The number of nitrogens with zero attached hydrogens (tertiary/aromatic N) is 1. The van der Waals surface area contributed by atoms with Gasteiger partial charge in [-0.05, 0) is 42.8 Å². The van der Waals surface area contributed by atoms with Gasteiger partial charge in [-0.15, -0.1) is 0 Å². The van der Waals surface area contributed by atoms with Gasteiger partial charge in [0.05, 0.1) is 19.9 Å². The fraction of sp³-hybridized carbons (Fsp3) is 0.300. The first-order chi connectivity index (χ1) is 12.9. The highest BCUT2D eigenvalue weighted by Gasteiger charge is 2.18. The highest BCUT2D eigenvalue weighted by molar-refractivity contribution is 6.31. The third-order valence-corrected chi connectivity index (χ3v) is 4.51. The van der Waals surface area contributed by atoms with E-state index in [-0.39, 0.29) is 18.4 Å².